The van der Waals surface area contributed by atoms with Gasteiger partial charge in [0.05, 0.1) is 5.56 Å². The van der Waals surface area contributed by atoms with Crippen LogP contribution in [0.5, 0.6) is 0 Å². The zero-order valence-electron chi connectivity index (χ0n) is 13.5. The predicted molar refractivity (Wildman–Crippen MR) is 92.3 cm³/mol. The van der Waals surface area contributed by atoms with Crippen LogP contribution in [0.25, 0.3) is 0 Å². The summed E-state index contributed by atoms with van der Waals surface area (Å²) in [7, 11) is 0. The highest BCUT2D eigenvalue weighted by molar-refractivity contribution is 9.10. The number of carbonyl (C=O) groups excluding carboxylic acids is 2. The summed E-state index contributed by atoms with van der Waals surface area (Å²) in [4.78, 5) is 27.8. The molecule has 3 rings (SSSR count). The number of halogens is 4. The number of rotatable bonds is 2. The van der Waals surface area contributed by atoms with E-state index in [9.17, 15) is 22.8 Å². The Morgan fingerprint density at radius 2 is 1.46 bits per heavy atom. The van der Waals surface area contributed by atoms with Crippen LogP contribution in [-0.2, 0) is 0 Å². The van der Waals surface area contributed by atoms with Crippen LogP contribution in [0, 0.1) is 17.5 Å². The number of hydrogen-bond acceptors (Lipinski definition) is 2. The third kappa shape index (κ3) is 3.60. The molecule has 0 aliphatic carbocycles. The average molecular weight is 427 g/mol. The van der Waals surface area contributed by atoms with Gasteiger partial charge in [0, 0.05) is 36.2 Å². The number of carbonyl (C=O) groups is 2. The van der Waals surface area contributed by atoms with Crippen LogP contribution >= 0.6 is 15.9 Å². The molecule has 1 saturated heterocycles. The van der Waals surface area contributed by atoms with E-state index in [1.165, 1.54) is 4.90 Å². The van der Waals surface area contributed by atoms with Gasteiger partial charge in [-0.25, -0.2) is 13.2 Å². The maximum absolute atomic E-state index is 13.8. The summed E-state index contributed by atoms with van der Waals surface area (Å²) in [6, 6.07) is 8.61. The van der Waals surface area contributed by atoms with Gasteiger partial charge in [0.2, 0.25) is 0 Å². The molecule has 2 amide bonds. The molecule has 0 saturated carbocycles. The summed E-state index contributed by atoms with van der Waals surface area (Å²) in [5, 5.41) is 0. The van der Waals surface area contributed by atoms with Crippen LogP contribution in [0.1, 0.15) is 20.7 Å². The highest BCUT2D eigenvalue weighted by Crippen LogP contribution is 2.19. The van der Waals surface area contributed by atoms with E-state index in [0.29, 0.717) is 5.56 Å². The van der Waals surface area contributed by atoms with Crippen LogP contribution in [-0.4, -0.2) is 47.8 Å². The molecule has 2 aromatic carbocycles. The van der Waals surface area contributed by atoms with Crippen LogP contribution < -0.4 is 0 Å². The quantitative estimate of drug-likeness (QED) is 0.689. The fourth-order valence-corrected chi connectivity index (χ4v) is 3.18. The lowest BCUT2D eigenvalue weighted by molar-refractivity contribution is 0.0532. The van der Waals surface area contributed by atoms with E-state index in [-0.39, 0.29) is 32.1 Å². The van der Waals surface area contributed by atoms with Gasteiger partial charge in [-0.15, -0.1) is 0 Å². The summed E-state index contributed by atoms with van der Waals surface area (Å²) in [5.41, 5.74) is 0.00136. The fourth-order valence-electron chi connectivity index (χ4n) is 2.78. The van der Waals surface area contributed by atoms with E-state index < -0.39 is 28.9 Å². The van der Waals surface area contributed by atoms with Crippen molar-refractivity contribution in [3.63, 3.8) is 0 Å². The van der Waals surface area contributed by atoms with Gasteiger partial charge in [-0.05, 0) is 30.3 Å². The van der Waals surface area contributed by atoms with Crippen LogP contribution in [0.15, 0.2) is 40.9 Å². The van der Waals surface area contributed by atoms with Gasteiger partial charge >= 0.3 is 0 Å². The van der Waals surface area contributed by atoms with Gasteiger partial charge in [-0.1, -0.05) is 22.0 Å². The Balaban J connectivity index is 1.68. The van der Waals surface area contributed by atoms with E-state index in [1.54, 1.807) is 23.1 Å². The molecular formula is C18H14BrF3N2O2. The van der Waals surface area contributed by atoms with Gasteiger partial charge in [0.25, 0.3) is 11.8 Å². The molecule has 0 bridgehead atoms. The van der Waals surface area contributed by atoms with Crippen molar-refractivity contribution in [1.82, 2.24) is 9.80 Å². The smallest absolute Gasteiger partial charge is 0.257 e. The summed E-state index contributed by atoms with van der Waals surface area (Å²) in [5.74, 6) is -5.40. The molecule has 2 aromatic rings. The Morgan fingerprint density at radius 3 is 2.08 bits per heavy atom. The second-order valence-electron chi connectivity index (χ2n) is 5.82. The van der Waals surface area contributed by atoms with Crippen molar-refractivity contribution in [2.75, 3.05) is 26.2 Å². The summed E-state index contributed by atoms with van der Waals surface area (Å²) in [6.45, 7) is 0.888. The minimum Gasteiger partial charge on any atom is -0.335 e. The largest absolute Gasteiger partial charge is 0.335 e. The Hall–Kier alpha value is -2.35. The van der Waals surface area contributed by atoms with E-state index >= 15 is 0 Å². The predicted octanol–water partition coefficient (Wildman–Crippen LogP) is 3.46. The third-order valence-corrected chi connectivity index (χ3v) is 4.68. The number of benzene rings is 2. The van der Waals surface area contributed by atoms with E-state index in [4.69, 9.17) is 0 Å². The molecule has 1 aliphatic rings. The standard InChI is InChI=1S/C18H14BrF3N2O2/c19-12-3-1-2-11(10-12)17(25)23-6-8-24(9-7-23)18(26)13-4-5-14(20)16(22)15(13)21/h1-5,10H,6-9H2. The van der Waals surface area contributed by atoms with E-state index in [2.05, 4.69) is 15.9 Å². The topological polar surface area (TPSA) is 40.6 Å². The second-order valence-corrected chi connectivity index (χ2v) is 6.73. The van der Waals surface area contributed by atoms with Gasteiger partial charge in [-0.3, -0.25) is 9.59 Å². The third-order valence-electron chi connectivity index (χ3n) is 4.19. The zero-order chi connectivity index (χ0) is 18.8. The van der Waals surface area contributed by atoms with Gasteiger partial charge in [-0.2, -0.15) is 0 Å². The molecule has 0 unspecified atom stereocenters. The first-order valence-corrected chi connectivity index (χ1v) is 8.65. The molecule has 1 aliphatic heterocycles. The Bertz CT molecular complexity index is 868. The van der Waals surface area contributed by atoms with E-state index in [0.717, 1.165) is 16.6 Å². The Labute approximate surface area is 156 Å². The normalized spacial score (nSPS) is 14.5. The van der Waals surface area contributed by atoms with Crippen molar-refractivity contribution in [2.45, 2.75) is 0 Å². The van der Waals surface area contributed by atoms with Crippen molar-refractivity contribution < 1.29 is 22.8 Å². The number of amides is 2. The SMILES string of the molecule is O=C(c1cccc(Br)c1)N1CCN(C(=O)c2ccc(F)c(F)c2F)CC1. The summed E-state index contributed by atoms with van der Waals surface area (Å²) in [6.07, 6.45) is 0. The molecule has 0 aromatic heterocycles. The maximum atomic E-state index is 13.8. The van der Waals surface area contributed by atoms with Crippen molar-refractivity contribution in [3.05, 3.63) is 69.4 Å². The van der Waals surface area contributed by atoms with Crippen molar-refractivity contribution in [1.29, 1.82) is 0 Å². The highest BCUT2D eigenvalue weighted by atomic mass is 79.9. The van der Waals surface area contributed by atoms with Crippen LogP contribution in [0.2, 0.25) is 0 Å². The second kappa shape index (κ2) is 7.49. The summed E-state index contributed by atoms with van der Waals surface area (Å²) >= 11 is 3.31. The highest BCUT2D eigenvalue weighted by Gasteiger charge is 2.28. The van der Waals surface area contributed by atoms with Gasteiger partial charge in [0.1, 0.15) is 0 Å². The van der Waals surface area contributed by atoms with Crippen molar-refractivity contribution in [3.8, 4) is 0 Å². The first-order chi connectivity index (χ1) is 12.4. The summed E-state index contributed by atoms with van der Waals surface area (Å²) < 4.78 is 40.9. The molecule has 136 valence electrons. The molecular weight excluding hydrogens is 413 g/mol. The number of piperazine rings is 1. The Kier molecular flexibility index (Phi) is 5.31. The zero-order valence-corrected chi connectivity index (χ0v) is 15.1. The lowest BCUT2D eigenvalue weighted by Gasteiger charge is -2.35. The van der Waals surface area contributed by atoms with Crippen LogP contribution in [0.4, 0.5) is 13.2 Å². The molecule has 4 nitrogen and oxygen atoms in total. The monoisotopic (exact) mass is 426 g/mol. The Morgan fingerprint density at radius 1 is 0.846 bits per heavy atom. The number of hydrogen-bond donors (Lipinski definition) is 0. The van der Waals surface area contributed by atoms with Crippen molar-refractivity contribution >= 4 is 27.7 Å². The molecule has 8 heteroatoms. The number of nitrogens with zero attached hydrogens (tertiary/aromatic N) is 2. The van der Waals surface area contributed by atoms with Gasteiger partial charge in [0.15, 0.2) is 17.5 Å². The molecule has 0 spiro atoms. The molecule has 1 fully saturated rings. The van der Waals surface area contributed by atoms with E-state index in [1.807, 2.05) is 6.07 Å². The minimum atomic E-state index is -1.67. The van der Waals surface area contributed by atoms with Crippen molar-refractivity contribution in [2.24, 2.45) is 0 Å². The minimum absolute atomic E-state index is 0.169. The first kappa shape index (κ1) is 18.4. The average Bonchev–Trinajstić information content (AvgIpc) is 2.65. The lowest BCUT2D eigenvalue weighted by Crippen LogP contribution is -2.50. The molecule has 0 atom stereocenters. The lowest BCUT2D eigenvalue weighted by atomic mass is 10.1. The fraction of sp³-hybridized carbons (Fsp3) is 0.222. The van der Waals surface area contributed by atoms with Crippen LogP contribution in [0.3, 0.4) is 0 Å². The maximum Gasteiger partial charge on any atom is 0.257 e. The molecule has 0 radical (unpaired) electrons. The molecule has 26 heavy (non-hydrogen) atoms. The molecule has 0 N–H and O–H groups in total. The first-order valence-electron chi connectivity index (χ1n) is 7.86. The van der Waals surface area contributed by atoms with Gasteiger partial charge < -0.3 is 9.80 Å². The molecule has 1 heterocycles.